The third-order valence-corrected chi connectivity index (χ3v) is 7.22. The summed E-state index contributed by atoms with van der Waals surface area (Å²) in [7, 11) is -3.83. The van der Waals surface area contributed by atoms with E-state index in [0.717, 1.165) is 36.8 Å². The highest BCUT2D eigenvalue weighted by atomic mass is 35.5. The van der Waals surface area contributed by atoms with Gasteiger partial charge in [0, 0.05) is 24.7 Å². The average molecular weight is 435 g/mol. The second-order valence-corrected chi connectivity index (χ2v) is 9.89. The molecule has 1 aliphatic rings. The van der Waals surface area contributed by atoms with Crippen LogP contribution in [0, 0.1) is 6.92 Å². The summed E-state index contributed by atoms with van der Waals surface area (Å²) >= 11 is 6.08. The van der Waals surface area contributed by atoms with Crippen LogP contribution >= 0.6 is 11.6 Å². The van der Waals surface area contributed by atoms with Gasteiger partial charge >= 0.3 is 0 Å². The Labute approximate surface area is 178 Å². The van der Waals surface area contributed by atoms with Gasteiger partial charge in [0.25, 0.3) is 0 Å². The van der Waals surface area contributed by atoms with E-state index in [2.05, 4.69) is 0 Å². The van der Waals surface area contributed by atoms with Crippen molar-refractivity contribution < 1.29 is 13.2 Å². The van der Waals surface area contributed by atoms with Gasteiger partial charge in [0.15, 0.2) is 0 Å². The molecule has 0 atom stereocenters. The molecule has 1 heterocycles. The van der Waals surface area contributed by atoms with Crippen LogP contribution in [0.3, 0.4) is 0 Å². The lowest BCUT2D eigenvalue weighted by Crippen LogP contribution is -2.43. The number of hydrogen-bond acceptors (Lipinski definition) is 3. The summed E-state index contributed by atoms with van der Waals surface area (Å²) in [5.74, 6) is -0.149. The van der Waals surface area contributed by atoms with Gasteiger partial charge < -0.3 is 4.90 Å². The molecule has 0 unspecified atom stereocenters. The largest absolute Gasteiger partial charge is 0.342 e. The summed E-state index contributed by atoms with van der Waals surface area (Å²) in [4.78, 5) is 14.9. The zero-order chi connectivity index (χ0) is 20.9. The Balaban J connectivity index is 1.88. The van der Waals surface area contributed by atoms with E-state index in [-0.39, 0.29) is 23.9 Å². The number of halogens is 1. The first kappa shape index (κ1) is 21.8. The SMILES string of the molecule is Cc1ccc(S(=O)(=O)N(CC(=O)N2CCCCCC2)Cc2cccc(Cl)c2)cc1. The predicted octanol–water partition coefficient (Wildman–Crippen LogP) is 4.24. The molecule has 0 aliphatic carbocycles. The number of amides is 1. The van der Waals surface area contributed by atoms with Crippen molar-refractivity contribution in [2.24, 2.45) is 0 Å². The van der Waals surface area contributed by atoms with Crippen molar-refractivity contribution >= 4 is 27.5 Å². The minimum atomic E-state index is -3.83. The molecule has 156 valence electrons. The van der Waals surface area contributed by atoms with Crippen LogP contribution in [0.25, 0.3) is 0 Å². The molecular weight excluding hydrogens is 408 g/mol. The smallest absolute Gasteiger partial charge is 0.243 e. The normalized spacial score (nSPS) is 15.3. The van der Waals surface area contributed by atoms with Crippen LogP contribution in [0.1, 0.15) is 36.8 Å². The molecule has 1 fully saturated rings. The van der Waals surface area contributed by atoms with E-state index < -0.39 is 10.0 Å². The van der Waals surface area contributed by atoms with Crippen molar-refractivity contribution in [2.45, 2.75) is 44.0 Å². The summed E-state index contributed by atoms with van der Waals surface area (Å²) < 4.78 is 27.9. The zero-order valence-corrected chi connectivity index (χ0v) is 18.3. The zero-order valence-electron chi connectivity index (χ0n) is 16.7. The molecule has 0 aromatic heterocycles. The van der Waals surface area contributed by atoms with Crippen LogP contribution in [0.2, 0.25) is 5.02 Å². The Morgan fingerprint density at radius 3 is 2.31 bits per heavy atom. The van der Waals surface area contributed by atoms with Crippen LogP contribution in [0.5, 0.6) is 0 Å². The summed E-state index contributed by atoms with van der Waals surface area (Å²) in [5.41, 5.74) is 1.72. The quantitative estimate of drug-likeness (QED) is 0.683. The van der Waals surface area contributed by atoms with E-state index in [1.807, 2.05) is 13.0 Å². The van der Waals surface area contributed by atoms with Crippen molar-refractivity contribution in [1.82, 2.24) is 9.21 Å². The number of likely N-dealkylation sites (tertiary alicyclic amines) is 1. The van der Waals surface area contributed by atoms with Crippen molar-refractivity contribution in [3.8, 4) is 0 Å². The Kier molecular flexibility index (Phi) is 7.33. The van der Waals surface area contributed by atoms with Gasteiger partial charge in [0.05, 0.1) is 11.4 Å². The summed E-state index contributed by atoms with van der Waals surface area (Å²) in [6.45, 7) is 3.20. The molecule has 0 bridgehead atoms. The van der Waals surface area contributed by atoms with E-state index in [1.165, 1.54) is 4.31 Å². The molecule has 7 heteroatoms. The third kappa shape index (κ3) is 5.81. The molecule has 1 aliphatic heterocycles. The summed E-state index contributed by atoms with van der Waals surface area (Å²) in [6, 6.07) is 13.8. The maximum Gasteiger partial charge on any atom is 0.243 e. The highest BCUT2D eigenvalue weighted by Crippen LogP contribution is 2.21. The molecule has 0 spiro atoms. The molecule has 2 aromatic rings. The molecule has 3 rings (SSSR count). The van der Waals surface area contributed by atoms with Crippen LogP contribution in [0.15, 0.2) is 53.4 Å². The van der Waals surface area contributed by atoms with E-state index in [4.69, 9.17) is 11.6 Å². The number of benzene rings is 2. The summed E-state index contributed by atoms with van der Waals surface area (Å²) in [6.07, 6.45) is 4.14. The van der Waals surface area contributed by atoms with Crippen LogP contribution in [0.4, 0.5) is 0 Å². The molecule has 1 saturated heterocycles. The first-order chi connectivity index (χ1) is 13.9. The lowest BCUT2D eigenvalue weighted by Gasteiger charge is -2.26. The van der Waals surface area contributed by atoms with Crippen molar-refractivity contribution in [3.05, 3.63) is 64.7 Å². The molecule has 0 radical (unpaired) electrons. The maximum atomic E-state index is 13.3. The van der Waals surface area contributed by atoms with Gasteiger partial charge in [-0.1, -0.05) is 54.3 Å². The number of hydrogen-bond donors (Lipinski definition) is 0. The topological polar surface area (TPSA) is 57.7 Å². The number of sulfonamides is 1. The molecule has 0 N–H and O–H groups in total. The lowest BCUT2D eigenvalue weighted by atomic mass is 10.2. The van der Waals surface area contributed by atoms with Crippen LogP contribution in [-0.2, 0) is 21.4 Å². The van der Waals surface area contributed by atoms with Crippen LogP contribution in [-0.4, -0.2) is 43.2 Å². The molecule has 5 nitrogen and oxygen atoms in total. The second-order valence-electron chi connectivity index (χ2n) is 7.51. The van der Waals surface area contributed by atoms with Gasteiger partial charge in [-0.2, -0.15) is 4.31 Å². The number of carbonyl (C=O) groups excluding carboxylic acids is 1. The van der Waals surface area contributed by atoms with Crippen molar-refractivity contribution in [3.63, 3.8) is 0 Å². The Bertz CT molecular complexity index is 937. The molecule has 0 saturated carbocycles. The number of carbonyl (C=O) groups is 1. The third-order valence-electron chi connectivity index (χ3n) is 5.18. The first-order valence-corrected chi connectivity index (χ1v) is 11.8. The van der Waals surface area contributed by atoms with Gasteiger partial charge in [0.1, 0.15) is 0 Å². The molecular formula is C22H27ClN2O3S. The van der Waals surface area contributed by atoms with E-state index in [1.54, 1.807) is 47.4 Å². The Hall–Kier alpha value is -1.89. The number of rotatable bonds is 6. The highest BCUT2D eigenvalue weighted by Gasteiger charge is 2.29. The average Bonchev–Trinajstić information content (AvgIpc) is 2.97. The fourth-order valence-corrected chi connectivity index (χ4v) is 5.09. The monoisotopic (exact) mass is 434 g/mol. The van der Waals surface area contributed by atoms with Gasteiger partial charge in [-0.05, 0) is 49.6 Å². The number of nitrogens with zero attached hydrogens (tertiary/aromatic N) is 2. The summed E-state index contributed by atoms with van der Waals surface area (Å²) in [5, 5.41) is 0.536. The fraction of sp³-hybridized carbons (Fsp3) is 0.409. The van der Waals surface area contributed by atoms with Crippen molar-refractivity contribution in [2.75, 3.05) is 19.6 Å². The molecule has 1 amide bonds. The minimum absolute atomic E-state index is 0.0936. The Morgan fingerprint density at radius 1 is 1.03 bits per heavy atom. The maximum absolute atomic E-state index is 13.3. The van der Waals surface area contributed by atoms with Gasteiger partial charge in [0.2, 0.25) is 15.9 Å². The highest BCUT2D eigenvalue weighted by molar-refractivity contribution is 7.89. The van der Waals surface area contributed by atoms with Crippen LogP contribution < -0.4 is 0 Å². The predicted molar refractivity (Wildman–Crippen MR) is 115 cm³/mol. The lowest BCUT2D eigenvalue weighted by molar-refractivity contribution is -0.131. The van der Waals surface area contributed by atoms with Gasteiger partial charge in [-0.25, -0.2) is 8.42 Å². The first-order valence-electron chi connectivity index (χ1n) is 9.95. The standard InChI is InChI=1S/C22H27ClN2O3S/c1-18-9-11-21(12-10-18)29(27,28)25(16-19-7-6-8-20(23)15-19)17-22(26)24-13-4-2-3-5-14-24/h6-12,15H,2-5,13-14,16-17H2,1H3. The molecule has 2 aromatic carbocycles. The van der Waals surface area contributed by atoms with E-state index in [0.29, 0.717) is 18.1 Å². The molecule has 29 heavy (non-hydrogen) atoms. The fourth-order valence-electron chi connectivity index (χ4n) is 3.50. The number of aryl methyl sites for hydroxylation is 1. The van der Waals surface area contributed by atoms with E-state index >= 15 is 0 Å². The van der Waals surface area contributed by atoms with Gasteiger partial charge in [-0.15, -0.1) is 0 Å². The Morgan fingerprint density at radius 2 is 1.69 bits per heavy atom. The second kappa shape index (κ2) is 9.74. The van der Waals surface area contributed by atoms with Gasteiger partial charge in [-0.3, -0.25) is 4.79 Å². The minimum Gasteiger partial charge on any atom is -0.342 e. The van der Waals surface area contributed by atoms with E-state index in [9.17, 15) is 13.2 Å². The van der Waals surface area contributed by atoms with Crippen molar-refractivity contribution in [1.29, 1.82) is 0 Å².